The molecule has 8 nitrogen and oxygen atoms in total. The maximum atomic E-state index is 12.2. The highest BCUT2D eigenvalue weighted by atomic mass is 32.1. The fourth-order valence-corrected chi connectivity index (χ4v) is 3.84. The van der Waals surface area contributed by atoms with E-state index in [9.17, 15) is 4.79 Å². The van der Waals surface area contributed by atoms with Gasteiger partial charge in [-0.15, -0.1) is 0 Å². The van der Waals surface area contributed by atoms with Gasteiger partial charge in [-0.1, -0.05) is 0 Å². The van der Waals surface area contributed by atoms with Crippen molar-refractivity contribution in [1.82, 2.24) is 24.9 Å². The van der Waals surface area contributed by atoms with Crippen LogP contribution in [0.1, 0.15) is 28.9 Å². The van der Waals surface area contributed by atoms with Crippen molar-refractivity contribution in [2.45, 2.75) is 25.5 Å². The number of ether oxygens (including phenoxy) is 1. The number of aromatic nitrogens is 4. The van der Waals surface area contributed by atoms with Crippen molar-refractivity contribution < 1.29 is 9.53 Å². The summed E-state index contributed by atoms with van der Waals surface area (Å²) in [6, 6.07) is 4.03. The van der Waals surface area contributed by atoms with E-state index in [1.165, 1.54) is 17.7 Å². The van der Waals surface area contributed by atoms with Crippen molar-refractivity contribution in [3.05, 3.63) is 40.5 Å². The molecule has 1 aliphatic rings. The Kier molecular flexibility index (Phi) is 4.81. The standard InChI is InChI=1S/C17H20N6O2S/c1-25-9-14-8-15(23-17(21-14)18-11-19-23)22-5-2-13(3-6-22)20-16(24)12-4-7-26-10-12/h4,7-8,10-11,13H,2-3,5-6,9H2,1H3,(H,20,24). The van der Waals surface area contributed by atoms with E-state index in [4.69, 9.17) is 4.74 Å². The van der Waals surface area contributed by atoms with Gasteiger partial charge in [0.1, 0.15) is 12.1 Å². The van der Waals surface area contributed by atoms with E-state index in [0.717, 1.165) is 43.0 Å². The lowest BCUT2D eigenvalue weighted by Gasteiger charge is -2.33. The molecule has 136 valence electrons. The third kappa shape index (κ3) is 3.40. The zero-order chi connectivity index (χ0) is 17.9. The number of thiophene rings is 1. The van der Waals surface area contributed by atoms with Crippen molar-refractivity contribution in [2.75, 3.05) is 25.1 Å². The van der Waals surface area contributed by atoms with Gasteiger partial charge in [0.15, 0.2) is 0 Å². The number of methoxy groups -OCH3 is 1. The first-order valence-electron chi connectivity index (χ1n) is 8.51. The minimum Gasteiger partial charge on any atom is -0.378 e. The maximum Gasteiger partial charge on any atom is 0.254 e. The molecule has 26 heavy (non-hydrogen) atoms. The predicted molar refractivity (Wildman–Crippen MR) is 98.5 cm³/mol. The second-order valence-corrected chi connectivity index (χ2v) is 7.04. The maximum absolute atomic E-state index is 12.2. The molecule has 0 atom stereocenters. The summed E-state index contributed by atoms with van der Waals surface area (Å²) in [5.41, 5.74) is 1.57. The Morgan fingerprint density at radius 2 is 2.27 bits per heavy atom. The minimum atomic E-state index is 0.00894. The van der Waals surface area contributed by atoms with Gasteiger partial charge < -0.3 is 15.0 Å². The van der Waals surface area contributed by atoms with Crippen molar-refractivity contribution in [2.24, 2.45) is 0 Å². The quantitative estimate of drug-likeness (QED) is 0.734. The number of carbonyl (C=O) groups excluding carboxylic acids is 1. The van der Waals surface area contributed by atoms with Crippen LogP contribution < -0.4 is 10.2 Å². The predicted octanol–water partition coefficient (Wildman–Crippen LogP) is 1.73. The van der Waals surface area contributed by atoms with Gasteiger partial charge in [0.2, 0.25) is 0 Å². The number of carbonyl (C=O) groups is 1. The molecule has 1 fully saturated rings. The lowest BCUT2D eigenvalue weighted by atomic mass is 10.0. The lowest BCUT2D eigenvalue weighted by molar-refractivity contribution is 0.0931. The molecule has 0 saturated carbocycles. The van der Waals surface area contributed by atoms with Gasteiger partial charge in [0, 0.05) is 43.3 Å². The van der Waals surface area contributed by atoms with E-state index in [1.807, 2.05) is 22.9 Å². The van der Waals surface area contributed by atoms with E-state index in [2.05, 4.69) is 25.3 Å². The highest BCUT2D eigenvalue weighted by Crippen LogP contribution is 2.21. The third-order valence-electron chi connectivity index (χ3n) is 4.52. The van der Waals surface area contributed by atoms with Crippen molar-refractivity contribution in [1.29, 1.82) is 0 Å². The van der Waals surface area contributed by atoms with Gasteiger partial charge in [-0.05, 0) is 24.3 Å². The molecule has 4 rings (SSSR count). The average molecular weight is 372 g/mol. The first kappa shape index (κ1) is 16.9. The molecule has 0 aromatic carbocycles. The molecule has 0 radical (unpaired) electrons. The summed E-state index contributed by atoms with van der Waals surface area (Å²) in [6.07, 6.45) is 3.28. The lowest BCUT2D eigenvalue weighted by Crippen LogP contribution is -2.45. The highest BCUT2D eigenvalue weighted by Gasteiger charge is 2.23. The van der Waals surface area contributed by atoms with E-state index in [0.29, 0.717) is 12.4 Å². The molecular weight excluding hydrogens is 352 g/mol. The Morgan fingerprint density at radius 1 is 1.42 bits per heavy atom. The van der Waals surface area contributed by atoms with Gasteiger partial charge in [0.05, 0.1) is 12.3 Å². The summed E-state index contributed by atoms with van der Waals surface area (Å²) >= 11 is 1.53. The van der Waals surface area contributed by atoms with Crippen LogP contribution in [0.4, 0.5) is 5.82 Å². The van der Waals surface area contributed by atoms with E-state index < -0.39 is 0 Å². The Labute approximate surface area is 154 Å². The second-order valence-electron chi connectivity index (χ2n) is 6.26. The fourth-order valence-electron chi connectivity index (χ4n) is 3.21. The van der Waals surface area contributed by atoms with Crippen LogP contribution >= 0.6 is 11.3 Å². The number of fused-ring (bicyclic) bond motifs is 1. The van der Waals surface area contributed by atoms with Crippen LogP contribution in [0.15, 0.2) is 29.2 Å². The van der Waals surface area contributed by atoms with Crippen LogP contribution in [0.25, 0.3) is 5.78 Å². The van der Waals surface area contributed by atoms with Crippen LogP contribution in [0.5, 0.6) is 0 Å². The summed E-state index contributed by atoms with van der Waals surface area (Å²) in [5, 5.41) is 11.2. The first-order valence-corrected chi connectivity index (χ1v) is 9.45. The summed E-state index contributed by atoms with van der Waals surface area (Å²) in [7, 11) is 1.65. The zero-order valence-electron chi connectivity index (χ0n) is 14.5. The fraction of sp³-hybridized carbons (Fsp3) is 0.412. The molecule has 3 aromatic heterocycles. The second kappa shape index (κ2) is 7.38. The number of rotatable bonds is 5. The molecule has 0 bridgehead atoms. The monoisotopic (exact) mass is 372 g/mol. The molecule has 3 aromatic rings. The van der Waals surface area contributed by atoms with E-state index in [1.54, 1.807) is 11.6 Å². The van der Waals surface area contributed by atoms with Crippen LogP contribution in [0.2, 0.25) is 0 Å². The molecular formula is C17H20N6O2S. The van der Waals surface area contributed by atoms with E-state index >= 15 is 0 Å². The SMILES string of the molecule is COCc1cc(N2CCC(NC(=O)c3ccsc3)CC2)n2ncnc2n1. The van der Waals surface area contributed by atoms with E-state index in [-0.39, 0.29) is 11.9 Å². The molecule has 0 aliphatic carbocycles. The zero-order valence-corrected chi connectivity index (χ0v) is 15.3. The Balaban J connectivity index is 1.45. The topological polar surface area (TPSA) is 84.7 Å². The molecule has 1 aliphatic heterocycles. The van der Waals surface area contributed by atoms with Gasteiger partial charge in [-0.25, -0.2) is 4.98 Å². The summed E-state index contributed by atoms with van der Waals surface area (Å²) in [6.45, 7) is 2.10. The number of hydrogen-bond acceptors (Lipinski definition) is 7. The van der Waals surface area contributed by atoms with Gasteiger partial charge in [0.25, 0.3) is 11.7 Å². The largest absolute Gasteiger partial charge is 0.378 e. The Bertz CT molecular complexity index is 886. The Hall–Kier alpha value is -2.52. The average Bonchev–Trinajstić information content (AvgIpc) is 3.34. The number of nitrogens with one attached hydrogen (secondary N) is 1. The third-order valence-corrected chi connectivity index (χ3v) is 5.20. The number of amides is 1. The summed E-state index contributed by atoms with van der Waals surface area (Å²) < 4.78 is 6.96. The first-order chi connectivity index (χ1) is 12.7. The molecule has 1 saturated heterocycles. The van der Waals surface area contributed by atoms with Gasteiger partial charge in [-0.3, -0.25) is 4.79 Å². The molecule has 9 heteroatoms. The van der Waals surface area contributed by atoms with Gasteiger partial charge in [-0.2, -0.15) is 25.9 Å². The molecule has 1 amide bonds. The number of anilines is 1. The van der Waals surface area contributed by atoms with Crippen molar-refractivity contribution in [3.8, 4) is 0 Å². The van der Waals surface area contributed by atoms with Crippen molar-refractivity contribution in [3.63, 3.8) is 0 Å². The number of hydrogen-bond donors (Lipinski definition) is 1. The summed E-state index contributed by atoms with van der Waals surface area (Å²) in [4.78, 5) is 23.1. The normalized spacial score (nSPS) is 15.5. The molecule has 0 spiro atoms. The Morgan fingerprint density at radius 3 is 3.00 bits per heavy atom. The van der Waals surface area contributed by atoms with Gasteiger partial charge >= 0.3 is 0 Å². The molecule has 4 heterocycles. The smallest absolute Gasteiger partial charge is 0.254 e. The molecule has 0 unspecified atom stereocenters. The number of piperidine rings is 1. The highest BCUT2D eigenvalue weighted by molar-refractivity contribution is 7.08. The van der Waals surface area contributed by atoms with Crippen LogP contribution in [0, 0.1) is 0 Å². The minimum absolute atomic E-state index is 0.00894. The van der Waals surface area contributed by atoms with Crippen LogP contribution in [0.3, 0.4) is 0 Å². The van der Waals surface area contributed by atoms with Crippen molar-refractivity contribution >= 4 is 28.8 Å². The van der Waals surface area contributed by atoms with Crippen LogP contribution in [-0.4, -0.2) is 51.7 Å². The number of nitrogens with zero attached hydrogens (tertiary/aromatic N) is 5. The molecule has 1 N–H and O–H groups in total. The van der Waals surface area contributed by atoms with Crippen LogP contribution in [-0.2, 0) is 11.3 Å². The summed E-state index contributed by atoms with van der Waals surface area (Å²) in [5.74, 6) is 1.54.